The fourth-order valence-corrected chi connectivity index (χ4v) is 4.95. The first-order chi connectivity index (χ1) is 18.5. The van der Waals surface area contributed by atoms with E-state index in [0.29, 0.717) is 42.5 Å². The molecule has 6 heteroatoms. The van der Waals surface area contributed by atoms with Gasteiger partial charge in [0.15, 0.2) is 5.78 Å². The van der Waals surface area contributed by atoms with Crippen molar-refractivity contribution in [1.82, 2.24) is 9.88 Å². The van der Waals surface area contributed by atoms with Crippen LogP contribution in [0.4, 0.5) is 0 Å². The van der Waals surface area contributed by atoms with Crippen LogP contribution in [-0.4, -0.2) is 33.9 Å². The number of carboxylic acids is 1. The summed E-state index contributed by atoms with van der Waals surface area (Å²) in [7, 11) is 0. The average Bonchev–Trinajstić information content (AvgIpc) is 3.29. The van der Waals surface area contributed by atoms with Crippen LogP contribution in [-0.2, 0) is 4.79 Å². The van der Waals surface area contributed by atoms with Gasteiger partial charge in [0.1, 0.15) is 6.04 Å². The second-order valence-corrected chi connectivity index (χ2v) is 9.28. The Morgan fingerprint density at radius 3 is 1.79 bits per heavy atom. The lowest BCUT2D eigenvalue weighted by Crippen LogP contribution is -2.25. The van der Waals surface area contributed by atoms with Gasteiger partial charge in [-0.1, -0.05) is 78.9 Å². The van der Waals surface area contributed by atoms with Crippen molar-refractivity contribution < 1.29 is 19.5 Å². The van der Waals surface area contributed by atoms with E-state index in [0.717, 1.165) is 21.8 Å². The van der Waals surface area contributed by atoms with E-state index in [-0.39, 0.29) is 11.7 Å². The normalized spacial score (nSPS) is 11.9. The Hall–Kier alpha value is -4.71. The zero-order chi connectivity index (χ0) is 26.5. The number of unbranched alkanes of at least 4 members (excludes halogenated alkanes) is 1. The summed E-state index contributed by atoms with van der Waals surface area (Å²) in [4.78, 5) is 37.4. The zero-order valence-electron chi connectivity index (χ0n) is 20.8. The van der Waals surface area contributed by atoms with Gasteiger partial charge in [-0.3, -0.25) is 9.59 Å². The number of nitrogens with one attached hydrogen (secondary N) is 1. The summed E-state index contributed by atoms with van der Waals surface area (Å²) in [5, 5.41) is 15.1. The molecule has 5 aromatic rings. The fourth-order valence-electron chi connectivity index (χ4n) is 4.95. The topological polar surface area (TPSA) is 88.4 Å². The summed E-state index contributed by atoms with van der Waals surface area (Å²) < 4.78 is 1.92. The molecule has 1 aromatic heterocycles. The highest BCUT2D eigenvalue weighted by Gasteiger charge is 2.23. The predicted octanol–water partition coefficient (Wildman–Crippen LogP) is 6.25. The van der Waals surface area contributed by atoms with Crippen LogP contribution in [0.5, 0.6) is 0 Å². The number of benzene rings is 4. The van der Waals surface area contributed by atoms with Crippen molar-refractivity contribution in [3.8, 4) is 0 Å². The van der Waals surface area contributed by atoms with Gasteiger partial charge in [-0.25, -0.2) is 4.79 Å². The number of amides is 1. The van der Waals surface area contributed by atoms with Crippen molar-refractivity contribution in [2.45, 2.75) is 25.3 Å². The van der Waals surface area contributed by atoms with E-state index in [1.165, 1.54) is 0 Å². The van der Waals surface area contributed by atoms with Gasteiger partial charge in [0.2, 0.25) is 0 Å². The Bertz CT molecular complexity index is 1550. The monoisotopic (exact) mass is 504 g/mol. The largest absolute Gasteiger partial charge is 0.480 e. The average molecular weight is 505 g/mol. The van der Waals surface area contributed by atoms with Crippen LogP contribution in [0.25, 0.3) is 21.8 Å². The number of para-hydroxylation sites is 2. The van der Waals surface area contributed by atoms with E-state index in [1.807, 2.05) is 71.3 Å². The molecule has 0 radical (unpaired) electrons. The highest BCUT2D eigenvalue weighted by molar-refractivity contribution is 6.10. The SMILES string of the molecule is O=C(NCCCC[C@@H](C(=O)O)n1c2ccccc2c2ccccc21)c1ccc(C(=O)c2ccccc2)cc1. The lowest BCUT2D eigenvalue weighted by atomic mass is 10.0. The van der Waals surface area contributed by atoms with Crippen LogP contribution in [0.3, 0.4) is 0 Å². The van der Waals surface area contributed by atoms with Crippen LogP contribution in [0, 0.1) is 0 Å². The number of hydrogen-bond acceptors (Lipinski definition) is 3. The smallest absolute Gasteiger partial charge is 0.326 e. The van der Waals surface area contributed by atoms with Crippen molar-refractivity contribution >= 4 is 39.5 Å². The number of aliphatic carboxylic acids is 1. The Kier molecular flexibility index (Phi) is 7.31. The molecule has 0 fully saturated rings. The van der Waals surface area contributed by atoms with Gasteiger partial charge in [-0.05, 0) is 43.5 Å². The van der Waals surface area contributed by atoms with Gasteiger partial charge in [0.05, 0.1) is 0 Å². The van der Waals surface area contributed by atoms with Gasteiger partial charge >= 0.3 is 5.97 Å². The third-order valence-electron chi connectivity index (χ3n) is 6.85. The summed E-state index contributed by atoms with van der Waals surface area (Å²) in [5.74, 6) is -1.18. The quantitative estimate of drug-likeness (QED) is 0.174. The molecule has 6 nitrogen and oxygen atoms in total. The molecule has 1 heterocycles. The van der Waals surface area contributed by atoms with E-state index < -0.39 is 12.0 Å². The maximum Gasteiger partial charge on any atom is 0.326 e. The van der Waals surface area contributed by atoms with E-state index in [9.17, 15) is 19.5 Å². The maximum atomic E-state index is 12.6. The first kappa shape index (κ1) is 25.0. The van der Waals surface area contributed by atoms with Gasteiger partial charge in [0.25, 0.3) is 5.91 Å². The van der Waals surface area contributed by atoms with Crippen molar-refractivity contribution in [2.24, 2.45) is 0 Å². The molecule has 190 valence electrons. The molecule has 0 aliphatic heterocycles. The molecule has 1 atom stereocenters. The third kappa shape index (κ3) is 5.06. The number of carbonyl (C=O) groups excluding carboxylic acids is 2. The second kappa shape index (κ2) is 11.1. The molecule has 0 saturated carbocycles. The van der Waals surface area contributed by atoms with Crippen LogP contribution in [0.2, 0.25) is 0 Å². The zero-order valence-corrected chi connectivity index (χ0v) is 20.8. The summed E-state index contributed by atoms with van der Waals surface area (Å²) in [5.41, 5.74) is 3.42. The molecule has 1 amide bonds. The lowest BCUT2D eigenvalue weighted by Gasteiger charge is -2.17. The Morgan fingerprint density at radius 1 is 0.658 bits per heavy atom. The minimum absolute atomic E-state index is 0.0891. The molecule has 0 aliphatic carbocycles. The van der Waals surface area contributed by atoms with Crippen LogP contribution < -0.4 is 5.32 Å². The lowest BCUT2D eigenvalue weighted by molar-refractivity contribution is -0.140. The van der Waals surface area contributed by atoms with Crippen molar-refractivity contribution in [1.29, 1.82) is 0 Å². The molecule has 0 aliphatic rings. The van der Waals surface area contributed by atoms with Crippen LogP contribution in [0.1, 0.15) is 51.6 Å². The van der Waals surface area contributed by atoms with Crippen LogP contribution >= 0.6 is 0 Å². The molecule has 5 rings (SSSR count). The van der Waals surface area contributed by atoms with Crippen molar-refractivity contribution in [3.05, 3.63) is 120 Å². The van der Waals surface area contributed by atoms with Crippen molar-refractivity contribution in [2.75, 3.05) is 6.54 Å². The number of carboxylic acid groups (broad SMARTS) is 1. The summed E-state index contributed by atoms with van der Waals surface area (Å²) >= 11 is 0. The maximum absolute atomic E-state index is 12.6. The minimum Gasteiger partial charge on any atom is -0.480 e. The molecule has 4 aromatic carbocycles. The second-order valence-electron chi connectivity index (χ2n) is 9.28. The van der Waals surface area contributed by atoms with E-state index in [1.54, 1.807) is 36.4 Å². The molecule has 0 bridgehead atoms. The highest BCUT2D eigenvalue weighted by Crippen LogP contribution is 2.33. The number of carbonyl (C=O) groups is 3. The fraction of sp³-hybridized carbons (Fsp3) is 0.156. The minimum atomic E-state index is -0.870. The molecular weight excluding hydrogens is 476 g/mol. The first-order valence-electron chi connectivity index (χ1n) is 12.7. The predicted molar refractivity (Wildman–Crippen MR) is 149 cm³/mol. The number of aromatic nitrogens is 1. The molecule has 0 spiro atoms. The number of nitrogens with zero attached hydrogens (tertiary/aromatic N) is 1. The van der Waals surface area contributed by atoms with Crippen molar-refractivity contribution in [3.63, 3.8) is 0 Å². The number of ketones is 1. The van der Waals surface area contributed by atoms with E-state index >= 15 is 0 Å². The number of fused-ring (bicyclic) bond motifs is 3. The number of rotatable bonds is 10. The van der Waals surface area contributed by atoms with Gasteiger partial charge < -0.3 is 15.0 Å². The van der Waals surface area contributed by atoms with E-state index in [4.69, 9.17) is 0 Å². The summed E-state index contributed by atoms with van der Waals surface area (Å²) in [6.45, 7) is 0.434. The molecule has 2 N–H and O–H groups in total. The number of hydrogen-bond donors (Lipinski definition) is 2. The molecule has 0 unspecified atom stereocenters. The highest BCUT2D eigenvalue weighted by atomic mass is 16.4. The standard InChI is InChI=1S/C32H28N2O4/c35-30(22-10-2-1-3-11-22)23-17-19-24(20-18-23)31(36)33-21-9-8-16-29(32(37)38)34-27-14-6-4-12-25(27)26-13-5-7-15-28(26)34/h1-7,10-15,17-20,29H,8-9,16,21H2,(H,33,36)(H,37,38)/t29-/m0/s1. The van der Waals surface area contributed by atoms with Gasteiger partial charge in [-0.15, -0.1) is 0 Å². The molecular formula is C32H28N2O4. The van der Waals surface area contributed by atoms with E-state index in [2.05, 4.69) is 5.32 Å². The summed E-state index contributed by atoms with van der Waals surface area (Å²) in [6, 6.07) is 30.7. The Balaban J connectivity index is 1.18. The Morgan fingerprint density at radius 2 is 1.18 bits per heavy atom. The first-order valence-corrected chi connectivity index (χ1v) is 12.7. The molecule has 0 saturated heterocycles. The van der Waals surface area contributed by atoms with Crippen LogP contribution in [0.15, 0.2) is 103 Å². The third-order valence-corrected chi connectivity index (χ3v) is 6.85. The van der Waals surface area contributed by atoms with Gasteiger partial charge in [-0.2, -0.15) is 0 Å². The molecule has 38 heavy (non-hydrogen) atoms. The van der Waals surface area contributed by atoms with Gasteiger partial charge in [0, 0.05) is 45.0 Å². The summed E-state index contributed by atoms with van der Waals surface area (Å²) in [6.07, 6.45) is 1.74. The Labute approximate surface area is 220 Å².